The van der Waals surface area contributed by atoms with Gasteiger partial charge in [-0.25, -0.2) is 0 Å². The highest BCUT2D eigenvalue weighted by atomic mass is 16.6. The van der Waals surface area contributed by atoms with Crippen molar-refractivity contribution < 1.29 is 14.8 Å². The van der Waals surface area contributed by atoms with Gasteiger partial charge in [0.1, 0.15) is 5.69 Å². The van der Waals surface area contributed by atoms with Gasteiger partial charge in [0, 0.05) is 24.8 Å². The Bertz CT molecular complexity index is 808. The topological polar surface area (TPSA) is 101 Å². The molecule has 2 rings (SSSR count). The Hall–Kier alpha value is -3.00. The van der Waals surface area contributed by atoms with Crippen molar-refractivity contribution in [3.63, 3.8) is 0 Å². The smallest absolute Gasteiger partial charge is 0.273 e. The Morgan fingerprint density at radius 1 is 1.19 bits per heavy atom. The van der Waals surface area contributed by atoms with Crippen LogP contribution in [0.4, 0.5) is 22.7 Å². The van der Waals surface area contributed by atoms with Crippen LogP contribution in [-0.4, -0.2) is 36.8 Å². The number of azo groups is 1. The first-order chi connectivity index (χ1) is 12.5. The van der Waals surface area contributed by atoms with Crippen LogP contribution in [0.2, 0.25) is 0 Å². The molecule has 0 spiro atoms. The molecule has 0 bridgehead atoms. The molecular weight excluding hydrogens is 336 g/mol. The molecule has 0 atom stereocenters. The van der Waals surface area contributed by atoms with E-state index in [0.717, 1.165) is 17.8 Å². The molecule has 0 saturated carbocycles. The number of nitro benzene ring substituents is 1. The van der Waals surface area contributed by atoms with Gasteiger partial charge < -0.3 is 14.7 Å². The normalized spacial score (nSPS) is 10.9. The lowest BCUT2D eigenvalue weighted by molar-refractivity contribution is -0.384. The maximum Gasteiger partial charge on any atom is 0.273 e. The minimum absolute atomic E-state index is 0.0649. The summed E-state index contributed by atoms with van der Waals surface area (Å²) in [6.07, 6.45) is 0. The number of rotatable bonds is 8. The van der Waals surface area contributed by atoms with E-state index in [1.54, 1.807) is 0 Å². The fraction of sp³-hybridized carbons (Fsp3) is 0.333. The standard InChI is InChI=1S/C18H22N4O4/c1-4-21(9-10-23)14-5-7-16(13(2)11-14)19-20-17-8-6-15(22(24)25)12-18(17)26-3/h5-8,11-12,23H,4,9-10H2,1-3H3. The summed E-state index contributed by atoms with van der Waals surface area (Å²) in [5.41, 5.74) is 2.98. The molecule has 26 heavy (non-hydrogen) atoms. The van der Waals surface area contributed by atoms with Gasteiger partial charge in [0.15, 0.2) is 5.75 Å². The minimum Gasteiger partial charge on any atom is -0.494 e. The largest absolute Gasteiger partial charge is 0.494 e. The average Bonchev–Trinajstić information content (AvgIpc) is 2.64. The van der Waals surface area contributed by atoms with Gasteiger partial charge in [-0.05, 0) is 43.7 Å². The number of ether oxygens (including phenoxy) is 1. The Morgan fingerprint density at radius 3 is 2.46 bits per heavy atom. The second-order valence-corrected chi connectivity index (χ2v) is 5.59. The molecule has 1 N–H and O–H groups in total. The van der Waals surface area contributed by atoms with Crippen LogP contribution in [-0.2, 0) is 0 Å². The van der Waals surface area contributed by atoms with E-state index in [4.69, 9.17) is 9.84 Å². The van der Waals surface area contributed by atoms with Gasteiger partial charge in [-0.1, -0.05) is 0 Å². The third kappa shape index (κ3) is 4.54. The maximum atomic E-state index is 10.8. The number of hydrogen-bond donors (Lipinski definition) is 1. The van der Waals surface area contributed by atoms with Crippen molar-refractivity contribution in [1.82, 2.24) is 0 Å². The third-order valence-corrected chi connectivity index (χ3v) is 3.94. The number of aliphatic hydroxyl groups excluding tert-OH is 1. The molecule has 0 radical (unpaired) electrons. The van der Waals surface area contributed by atoms with Crippen LogP contribution in [0.15, 0.2) is 46.6 Å². The molecule has 138 valence electrons. The molecular formula is C18H22N4O4. The Labute approximate surface area is 151 Å². The van der Waals surface area contributed by atoms with Crippen LogP contribution < -0.4 is 9.64 Å². The number of aryl methyl sites for hydroxylation is 1. The molecule has 0 aliphatic carbocycles. The Kier molecular flexibility index (Phi) is 6.62. The van der Waals surface area contributed by atoms with Crippen LogP contribution in [0.25, 0.3) is 0 Å². The zero-order chi connectivity index (χ0) is 19.1. The number of benzene rings is 2. The molecule has 0 unspecified atom stereocenters. The SMILES string of the molecule is CCN(CCO)c1ccc(N=Nc2ccc([N+](=O)[O-])cc2OC)c(C)c1. The molecule has 0 aromatic heterocycles. The van der Waals surface area contributed by atoms with Crippen LogP contribution in [0.5, 0.6) is 5.75 Å². The van der Waals surface area contributed by atoms with E-state index in [-0.39, 0.29) is 18.0 Å². The van der Waals surface area contributed by atoms with Crippen LogP contribution in [0, 0.1) is 17.0 Å². The summed E-state index contributed by atoms with van der Waals surface area (Å²) in [4.78, 5) is 12.4. The van der Waals surface area contributed by atoms with Crippen molar-refractivity contribution in [2.24, 2.45) is 10.2 Å². The summed E-state index contributed by atoms with van der Waals surface area (Å²) in [5.74, 6) is 0.289. The van der Waals surface area contributed by atoms with Crippen molar-refractivity contribution in [3.8, 4) is 5.75 Å². The molecule has 0 aliphatic heterocycles. The molecule has 0 heterocycles. The van der Waals surface area contributed by atoms with Crippen molar-refractivity contribution in [2.75, 3.05) is 31.7 Å². The third-order valence-electron chi connectivity index (χ3n) is 3.94. The van der Waals surface area contributed by atoms with Gasteiger partial charge in [-0.3, -0.25) is 10.1 Å². The summed E-state index contributed by atoms with van der Waals surface area (Å²) in [7, 11) is 1.43. The van der Waals surface area contributed by atoms with Gasteiger partial charge in [0.25, 0.3) is 5.69 Å². The molecule has 0 saturated heterocycles. The number of hydrogen-bond acceptors (Lipinski definition) is 7. The number of nitrogens with zero attached hydrogens (tertiary/aromatic N) is 4. The van der Waals surface area contributed by atoms with Gasteiger partial charge in [0.2, 0.25) is 0 Å². The predicted octanol–water partition coefficient (Wildman–Crippen LogP) is 4.15. The minimum atomic E-state index is -0.488. The summed E-state index contributed by atoms with van der Waals surface area (Å²) < 4.78 is 5.16. The molecule has 8 nitrogen and oxygen atoms in total. The number of methoxy groups -OCH3 is 1. The molecule has 2 aromatic rings. The highest BCUT2D eigenvalue weighted by Crippen LogP contribution is 2.33. The number of non-ortho nitro benzene ring substituents is 1. The summed E-state index contributed by atoms with van der Waals surface area (Å²) in [5, 5.41) is 28.4. The van der Waals surface area contributed by atoms with E-state index in [9.17, 15) is 10.1 Å². The van der Waals surface area contributed by atoms with Crippen LogP contribution >= 0.6 is 0 Å². The Balaban J connectivity index is 2.27. The summed E-state index contributed by atoms with van der Waals surface area (Å²) in [6, 6.07) is 9.95. The first-order valence-electron chi connectivity index (χ1n) is 8.20. The lowest BCUT2D eigenvalue weighted by atomic mass is 10.1. The average molecular weight is 358 g/mol. The van der Waals surface area contributed by atoms with E-state index in [2.05, 4.69) is 15.1 Å². The van der Waals surface area contributed by atoms with E-state index >= 15 is 0 Å². The maximum absolute atomic E-state index is 10.8. The first kappa shape index (κ1) is 19.3. The summed E-state index contributed by atoms with van der Waals surface area (Å²) in [6.45, 7) is 5.41. The molecule has 2 aromatic carbocycles. The molecule has 0 aliphatic rings. The van der Waals surface area contributed by atoms with Crippen molar-refractivity contribution in [3.05, 3.63) is 52.1 Å². The van der Waals surface area contributed by atoms with Crippen LogP contribution in [0.1, 0.15) is 12.5 Å². The second kappa shape index (κ2) is 8.91. The van der Waals surface area contributed by atoms with E-state index in [0.29, 0.717) is 17.9 Å². The van der Waals surface area contributed by atoms with E-state index in [1.165, 1.54) is 25.3 Å². The monoisotopic (exact) mass is 358 g/mol. The molecule has 0 fully saturated rings. The number of nitro groups is 1. The van der Waals surface area contributed by atoms with Crippen LogP contribution in [0.3, 0.4) is 0 Å². The quantitative estimate of drug-likeness (QED) is 0.434. The van der Waals surface area contributed by atoms with Gasteiger partial charge in [-0.15, -0.1) is 5.11 Å². The predicted molar refractivity (Wildman–Crippen MR) is 100.0 cm³/mol. The van der Waals surface area contributed by atoms with Gasteiger partial charge >= 0.3 is 0 Å². The van der Waals surface area contributed by atoms with Crippen molar-refractivity contribution in [1.29, 1.82) is 0 Å². The number of anilines is 1. The zero-order valence-electron chi connectivity index (χ0n) is 15.0. The van der Waals surface area contributed by atoms with Crippen molar-refractivity contribution in [2.45, 2.75) is 13.8 Å². The zero-order valence-corrected chi connectivity index (χ0v) is 15.0. The van der Waals surface area contributed by atoms with E-state index in [1.807, 2.05) is 32.0 Å². The number of likely N-dealkylation sites (N-methyl/N-ethyl adjacent to an activating group) is 1. The highest BCUT2D eigenvalue weighted by molar-refractivity contribution is 5.59. The first-order valence-corrected chi connectivity index (χ1v) is 8.20. The second-order valence-electron chi connectivity index (χ2n) is 5.59. The fourth-order valence-corrected chi connectivity index (χ4v) is 2.51. The molecule has 0 amide bonds. The van der Waals surface area contributed by atoms with Gasteiger partial charge in [0.05, 0.1) is 30.4 Å². The summed E-state index contributed by atoms with van der Waals surface area (Å²) >= 11 is 0. The number of aliphatic hydroxyl groups is 1. The molecule has 8 heteroatoms. The van der Waals surface area contributed by atoms with E-state index < -0.39 is 4.92 Å². The fourth-order valence-electron chi connectivity index (χ4n) is 2.51. The lowest BCUT2D eigenvalue weighted by Gasteiger charge is -2.22. The Morgan fingerprint density at radius 2 is 1.88 bits per heavy atom. The van der Waals surface area contributed by atoms with Gasteiger partial charge in [-0.2, -0.15) is 5.11 Å². The lowest BCUT2D eigenvalue weighted by Crippen LogP contribution is -2.26. The van der Waals surface area contributed by atoms with Crippen molar-refractivity contribution >= 4 is 22.7 Å². The highest BCUT2D eigenvalue weighted by Gasteiger charge is 2.11.